The minimum absolute atomic E-state index is 0.0782. The average molecular weight is 857 g/mol. The van der Waals surface area contributed by atoms with Crippen molar-refractivity contribution in [2.45, 2.75) is 284 Å². The van der Waals surface area contributed by atoms with Gasteiger partial charge in [-0.05, 0) is 70.6 Å². The van der Waals surface area contributed by atoms with E-state index in [1.807, 2.05) is 0 Å². The number of unbranched alkanes of at least 4 members (excludes halogenated alkanes) is 31. The maximum Gasteiger partial charge on any atom is 0.306 e. The molecule has 0 fully saturated rings. The molecule has 0 heterocycles. The van der Waals surface area contributed by atoms with Gasteiger partial charge in [0.15, 0.2) is 6.10 Å². The van der Waals surface area contributed by atoms with Gasteiger partial charge in [-0.3, -0.25) is 14.4 Å². The molecular formula is C55H100O6. The van der Waals surface area contributed by atoms with Crippen LogP contribution < -0.4 is 0 Å². The fourth-order valence-corrected chi connectivity index (χ4v) is 7.65. The Morgan fingerprint density at radius 1 is 0.344 bits per heavy atom. The molecule has 0 rings (SSSR count). The predicted molar refractivity (Wildman–Crippen MR) is 261 cm³/mol. The first-order chi connectivity index (χ1) is 30.0. The van der Waals surface area contributed by atoms with E-state index in [1.165, 1.54) is 148 Å². The normalized spacial score (nSPS) is 12.2. The molecule has 0 aromatic carbocycles. The molecule has 1 unspecified atom stereocenters. The van der Waals surface area contributed by atoms with Crippen LogP contribution in [0.4, 0.5) is 0 Å². The molecule has 0 N–H and O–H groups in total. The summed E-state index contributed by atoms with van der Waals surface area (Å²) in [5.41, 5.74) is 0. The summed E-state index contributed by atoms with van der Waals surface area (Å²) in [6.07, 6.45) is 58.5. The highest BCUT2D eigenvalue weighted by atomic mass is 16.6. The molecule has 61 heavy (non-hydrogen) atoms. The van der Waals surface area contributed by atoms with Crippen molar-refractivity contribution in [1.82, 2.24) is 0 Å². The van der Waals surface area contributed by atoms with E-state index >= 15 is 0 Å². The third-order valence-electron chi connectivity index (χ3n) is 11.6. The van der Waals surface area contributed by atoms with Crippen molar-refractivity contribution < 1.29 is 28.6 Å². The topological polar surface area (TPSA) is 78.9 Å². The van der Waals surface area contributed by atoms with E-state index in [0.29, 0.717) is 19.3 Å². The van der Waals surface area contributed by atoms with E-state index in [0.717, 1.165) is 89.9 Å². The number of carbonyl (C=O) groups is 3. The first-order valence-electron chi connectivity index (χ1n) is 26.5. The summed E-state index contributed by atoms with van der Waals surface area (Å²) in [6.45, 7) is 6.53. The van der Waals surface area contributed by atoms with Gasteiger partial charge in [0.25, 0.3) is 0 Å². The van der Waals surface area contributed by atoms with Gasteiger partial charge in [0, 0.05) is 19.3 Å². The van der Waals surface area contributed by atoms with Gasteiger partial charge < -0.3 is 14.2 Å². The van der Waals surface area contributed by atoms with Crippen LogP contribution in [0.2, 0.25) is 0 Å². The zero-order valence-electron chi connectivity index (χ0n) is 40.7. The highest BCUT2D eigenvalue weighted by molar-refractivity contribution is 5.71. The zero-order chi connectivity index (χ0) is 44.4. The Morgan fingerprint density at radius 2 is 0.639 bits per heavy atom. The van der Waals surface area contributed by atoms with Crippen molar-refractivity contribution in [3.8, 4) is 0 Å². The lowest BCUT2D eigenvalue weighted by molar-refractivity contribution is -0.167. The van der Waals surface area contributed by atoms with Crippen LogP contribution in [-0.4, -0.2) is 37.2 Å². The smallest absolute Gasteiger partial charge is 0.306 e. The molecule has 0 aliphatic rings. The molecule has 6 nitrogen and oxygen atoms in total. The number of esters is 3. The number of carbonyl (C=O) groups excluding carboxylic acids is 3. The van der Waals surface area contributed by atoms with Crippen LogP contribution in [0.5, 0.6) is 0 Å². The second-order valence-corrected chi connectivity index (χ2v) is 17.8. The second kappa shape index (κ2) is 50.3. The maximum absolute atomic E-state index is 12.8. The number of hydrogen-bond donors (Lipinski definition) is 0. The SMILES string of the molecule is CC/C=C\C/C=C\CCCCCCCC(=O)OCC(COC(=O)CCCCCCC/C=C\CCCCCCCCCCC)OC(=O)CCCCCCCCCCCCCCC. The van der Waals surface area contributed by atoms with Crippen LogP contribution in [0.1, 0.15) is 278 Å². The Balaban J connectivity index is 4.33. The van der Waals surface area contributed by atoms with Crippen molar-refractivity contribution in [2.24, 2.45) is 0 Å². The van der Waals surface area contributed by atoms with Crippen LogP contribution in [0.25, 0.3) is 0 Å². The number of ether oxygens (including phenoxy) is 3. The summed E-state index contributed by atoms with van der Waals surface area (Å²) < 4.78 is 16.8. The molecule has 0 amide bonds. The summed E-state index contributed by atoms with van der Waals surface area (Å²) in [5.74, 6) is -0.890. The predicted octanol–water partition coefficient (Wildman–Crippen LogP) is 17.3. The van der Waals surface area contributed by atoms with Gasteiger partial charge in [-0.1, -0.05) is 224 Å². The standard InChI is InChI=1S/C55H100O6/c1-4-7-10-13-16-19-22-25-26-27-28-29-31-33-36-39-42-45-48-54(57)60-51-52(50-59-53(56)47-44-41-38-35-32-24-21-18-15-12-9-6-3)61-55(58)49-46-43-40-37-34-30-23-20-17-14-11-8-5-2/h9,12,18,21,28-29,52H,4-8,10-11,13-17,19-20,22-27,30-51H2,1-3H3/b12-9-,21-18-,29-28-. The van der Waals surface area contributed by atoms with Gasteiger partial charge >= 0.3 is 17.9 Å². The Bertz CT molecular complexity index is 1030. The fourth-order valence-electron chi connectivity index (χ4n) is 7.65. The summed E-state index contributed by atoms with van der Waals surface area (Å²) in [5, 5.41) is 0. The van der Waals surface area contributed by atoms with Crippen LogP contribution in [0.15, 0.2) is 36.5 Å². The van der Waals surface area contributed by atoms with Crippen LogP contribution in [-0.2, 0) is 28.6 Å². The molecule has 356 valence electrons. The molecule has 0 radical (unpaired) electrons. The van der Waals surface area contributed by atoms with Crippen LogP contribution in [0.3, 0.4) is 0 Å². The number of allylic oxidation sites excluding steroid dienone is 6. The number of rotatable bonds is 48. The first kappa shape index (κ1) is 58.6. The Kier molecular flexibility index (Phi) is 48.3. The summed E-state index contributed by atoms with van der Waals surface area (Å²) in [6, 6.07) is 0. The third kappa shape index (κ3) is 48.5. The summed E-state index contributed by atoms with van der Waals surface area (Å²) in [7, 11) is 0. The van der Waals surface area contributed by atoms with Gasteiger partial charge in [0.2, 0.25) is 0 Å². The van der Waals surface area contributed by atoms with Crippen molar-refractivity contribution in [1.29, 1.82) is 0 Å². The Labute approximate surface area is 378 Å². The molecular weight excluding hydrogens is 757 g/mol. The first-order valence-corrected chi connectivity index (χ1v) is 26.5. The van der Waals surface area contributed by atoms with Crippen molar-refractivity contribution >= 4 is 17.9 Å². The van der Waals surface area contributed by atoms with Crippen molar-refractivity contribution in [2.75, 3.05) is 13.2 Å². The maximum atomic E-state index is 12.8. The molecule has 0 spiro atoms. The van der Waals surface area contributed by atoms with E-state index in [-0.39, 0.29) is 31.1 Å². The second-order valence-electron chi connectivity index (χ2n) is 17.8. The Hall–Kier alpha value is -2.37. The average Bonchev–Trinajstić information content (AvgIpc) is 3.26. The quantitative estimate of drug-likeness (QED) is 0.0262. The Morgan fingerprint density at radius 3 is 1.00 bits per heavy atom. The molecule has 0 aliphatic heterocycles. The lowest BCUT2D eigenvalue weighted by atomic mass is 10.0. The van der Waals surface area contributed by atoms with Crippen molar-refractivity contribution in [3.05, 3.63) is 36.5 Å². The molecule has 0 bridgehead atoms. The fraction of sp³-hybridized carbons (Fsp3) is 0.836. The highest BCUT2D eigenvalue weighted by Gasteiger charge is 2.19. The van der Waals surface area contributed by atoms with Gasteiger partial charge in [-0.25, -0.2) is 0 Å². The van der Waals surface area contributed by atoms with Gasteiger partial charge in [0.05, 0.1) is 0 Å². The highest BCUT2D eigenvalue weighted by Crippen LogP contribution is 2.16. The van der Waals surface area contributed by atoms with Crippen molar-refractivity contribution in [3.63, 3.8) is 0 Å². The monoisotopic (exact) mass is 857 g/mol. The molecule has 1 atom stereocenters. The lowest BCUT2D eigenvalue weighted by Gasteiger charge is -2.18. The van der Waals surface area contributed by atoms with E-state index in [4.69, 9.17) is 14.2 Å². The van der Waals surface area contributed by atoms with E-state index in [1.54, 1.807) is 0 Å². The van der Waals surface area contributed by atoms with Gasteiger partial charge in [-0.15, -0.1) is 0 Å². The summed E-state index contributed by atoms with van der Waals surface area (Å²) in [4.78, 5) is 37.9. The molecule has 0 saturated heterocycles. The van der Waals surface area contributed by atoms with Crippen LogP contribution in [0, 0.1) is 0 Å². The molecule has 0 saturated carbocycles. The van der Waals surface area contributed by atoms with Gasteiger partial charge in [0.1, 0.15) is 13.2 Å². The molecule has 0 aromatic heterocycles. The minimum Gasteiger partial charge on any atom is -0.462 e. The molecule has 0 aliphatic carbocycles. The lowest BCUT2D eigenvalue weighted by Crippen LogP contribution is -2.30. The minimum atomic E-state index is -0.777. The van der Waals surface area contributed by atoms with Gasteiger partial charge in [-0.2, -0.15) is 0 Å². The largest absolute Gasteiger partial charge is 0.462 e. The third-order valence-corrected chi connectivity index (χ3v) is 11.6. The van der Waals surface area contributed by atoms with Crippen LogP contribution >= 0.6 is 0 Å². The van der Waals surface area contributed by atoms with E-state index < -0.39 is 6.10 Å². The van der Waals surface area contributed by atoms with E-state index in [9.17, 15) is 14.4 Å². The van der Waals surface area contributed by atoms with E-state index in [2.05, 4.69) is 57.2 Å². The number of hydrogen-bond acceptors (Lipinski definition) is 6. The molecule has 6 heteroatoms. The molecule has 0 aromatic rings. The zero-order valence-corrected chi connectivity index (χ0v) is 40.7. The summed E-state index contributed by atoms with van der Waals surface area (Å²) >= 11 is 0.